The highest BCUT2D eigenvalue weighted by molar-refractivity contribution is 5.50. The van der Waals surface area contributed by atoms with Crippen LogP contribution in [0.25, 0.3) is 0 Å². The van der Waals surface area contributed by atoms with Gasteiger partial charge in [0.25, 0.3) is 0 Å². The zero-order chi connectivity index (χ0) is 15.0. The van der Waals surface area contributed by atoms with E-state index in [1.807, 2.05) is 6.07 Å². The molecule has 2 aromatic rings. The summed E-state index contributed by atoms with van der Waals surface area (Å²) in [6, 6.07) is 6.92. The molecular weight excluding hydrogens is 279 g/mol. The molecule has 0 aliphatic heterocycles. The Morgan fingerprint density at radius 3 is 2.67 bits per heavy atom. The third-order valence-corrected chi connectivity index (χ3v) is 3.81. The number of hydrogen-bond acceptors (Lipinski definition) is 2. The van der Waals surface area contributed by atoms with Crippen LogP contribution in [0.3, 0.4) is 0 Å². The number of rotatable bonds is 2. The molecule has 3 rings (SSSR count). The molecule has 1 aliphatic rings. The second-order valence-corrected chi connectivity index (χ2v) is 5.20. The van der Waals surface area contributed by atoms with Crippen LogP contribution >= 0.6 is 0 Å². The minimum atomic E-state index is -1.48. The fourth-order valence-electron chi connectivity index (χ4n) is 2.76. The molecule has 0 saturated carbocycles. The first-order valence-corrected chi connectivity index (χ1v) is 6.78. The average Bonchev–Trinajstić information content (AvgIpc) is 2.48. The molecule has 2 nitrogen and oxygen atoms in total. The molecule has 1 aliphatic carbocycles. The number of hydrogen-bond donors (Lipinski definition) is 2. The number of fused-ring (bicyclic) bond motifs is 1. The largest absolute Gasteiger partial charge is 0.508 e. The molecule has 1 atom stereocenters. The van der Waals surface area contributed by atoms with Gasteiger partial charge in [-0.3, -0.25) is 0 Å². The normalized spacial score (nSPS) is 17.4. The lowest BCUT2D eigenvalue weighted by atomic mass is 9.87. The van der Waals surface area contributed by atoms with Crippen molar-refractivity contribution in [1.82, 2.24) is 0 Å². The maximum atomic E-state index is 13.7. The van der Waals surface area contributed by atoms with E-state index in [9.17, 15) is 18.3 Å². The molecule has 0 saturated heterocycles. The van der Waals surface area contributed by atoms with Gasteiger partial charge in [0.1, 0.15) is 5.75 Å². The summed E-state index contributed by atoms with van der Waals surface area (Å²) in [4.78, 5) is 0. The van der Waals surface area contributed by atoms with Gasteiger partial charge in [0.2, 0.25) is 0 Å². The highest BCUT2D eigenvalue weighted by Crippen LogP contribution is 2.35. The number of aryl methyl sites for hydroxylation is 1. The maximum Gasteiger partial charge on any atom is 0.196 e. The molecule has 0 bridgehead atoms. The second-order valence-electron chi connectivity index (χ2n) is 5.20. The number of anilines is 1. The molecule has 0 radical (unpaired) electrons. The van der Waals surface area contributed by atoms with Crippen molar-refractivity contribution in [2.75, 3.05) is 5.32 Å². The first kappa shape index (κ1) is 13.8. The van der Waals surface area contributed by atoms with Gasteiger partial charge in [0.05, 0.1) is 11.7 Å². The Labute approximate surface area is 120 Å². The number of aromatic hydroxyl groups is 1. The lowest BCUT2D eigenvalue weighted by Gasteiger charge is -2.27. The van der Waals surface area contributed by atoms with Gasteiger partial charge in [-0.2, -0.15) is 0 Å². The van der Waals surface area contributed by atoms with Crippen LogP contribution in [0.2, 0.25) is 0 Å². The van der Waals surface area contributed by atoms with E-state index in [1.165, 1.54) is 6.07 Å². The van der Waals surface area contributed by atoms with Crippen LogP contribution in [0, 0.1) is 17.5 Å². The number of halogens is 3. The summed E-state index contributed by atoms with van der Waals surface area (Å²) in [5.41, 5.74) is 1.86. The molecule has 0 aromatic heterocycles. The molecule has 5 heteroatoms. The van der Waals surface area contributed by atoms with E-state index >= 15 is 0 Å². The third-order valence-electron chi connectivity index (χ3n) is 3.81. The van der Waals surface area contributed by atoms with Gasteiger partial charge in [-0.1, -0.05) is 6.07 Å². The van der Waals surface area contributed by atoms with Gasteiger partial charge < -0.3 is 10.4 Å². The first-order chi connectivity index (χ1) is 10.1. The maximum absolute atomic E-state index is 13.7. The smallest absolute Gasteiger partial charge is 0.196 e. The van der Waals surface area contributed by atoms with Crippen LogP contribution in [0.5, 0.6) is 5.75 Å². The standard InChI is InChI=1S/C16H14F3NO/c17-12-6-7-14(16(19)15(12)18)20-13-3-1-2-9-4-5-10(21)8-11(9)13/h4-8,13,20-21H,1-3H2. The Balaban J connectivity index is 1.94. The molecule has 0 fully saturated rings. The number of nitrogens with one attached hydrogen (secondary N) is 1. The summed E-state index contributed by atoms with van der Waals surface area (Å²) in [6.45, 7) is 0. The van der Waals surface area contributed by atoms with E-state index in [0.717, 1.165) is 36.5 Å². The summed E-state index contributed by atoms with van der Waals surface area (Å²) in [5.74, 6) is -3.78. The number of phenols is 1. The predicted molar refractivity (Wildman–Crippen MR) is 73.7 cm³/mol. The summed E-state index contributed by atoms with van der Waals surface area (Å²) in [7, 11) is 0. The van der Waals surface area contributed by atoms with Crippen molar-refractivity contribution in [3.05, 3.63) is 58.9 Å². The van der Waals surface area contributed by atoms with Gasteiger partial charge in [-0.15, -0.1) is 0 Å². The van der Waals surface area contributed by atoms with Crippen LogP contribution < -0.4 is 5.32 Å². The zero-order valence-corrected chi connectivity index (χ0v) is 11.2. The van der Waals surface area contributed by atoms with E-state index in [-0.39, 0.29) is 17.5 Å². The molecule has 0 amide bonds. The van der Waals surface area contributed by atoms with Gasteiger partial charge in [-0.05, 0) is 54.7 Å². The summed E-state index contributed by atoms with van der Waals surface area (Å²) >= 11 is 0. The minimum Gasteiger partial charge on any atom is -0.508 e. The van der Waals surface area contributed by atoms with Crippen molar-refractivity contribution in [1.29, 1.82) is 0 Å². The Morgan fingerprint density at radius 2 is 1.86 bits per heavy atom. The van der Waals surface area contributed by atoms with E-state index in [1.54, 1.807) is 12.1 Å². The molecule has 21 heavy (non-hydrogen) atoms. The topological polar surface area (TPSA) is 32.3 Å². The SMILES string of the molecule is Oc1ccc2c(c1)C(Nc1ccc(F)c(F)c1F)CCC2. The van der Waals surface area contributed by atoms with Crippen molar-refractivity contribution in [3.8, 4) is 5.75 Å². The molecule has 1 unspecified atom stereocenters. The van der Waals surface area contributed by atoms with Gasteiger partial charge >= 0.3 is 0 Å². The monoisotopic (exact) mass is 293 g/mol. The van der Waals surface area contributed by atoms with Crippen LogP contribution in [-0.2, 0) is 6.42 Å². The lowest BCUT2D eigenvalue weighted by Crippen LogP contribution is -2.18. The van der Waals surface area contributed by atoms with Gasteiger partial charge in [-0.25, -0.2) is 13.2 Å². The Morgan fingerprint density at radius 1 is 1.05 bits per heavy atom. The van der Waals surface area contributed by atoms with E-state index < -0.39 is 17.5 Å². The van der Waals surface area contributed by atoms with E-state index in [2.05, 4.69) is 5.32 Å². The van der Waals surface area contributed by atoms with Crippen molar-refractivity contribution >= 4 is 5.69 Å². The van der Waals surface area contributed by atoms with Crippen LogP contribution in [0.1, 0.15) is 30.0 Å². The van der Waals surface area contributed by atoms with E-state index in [0.29, 0.717) is 0 Å². The highest BCUT2D eigenvalue weighted by atomic mass is 19.2. The first-order valence-electron chi connectivity index (χ1n) is 6.78. The minimum absolute atomic E-state index is 0.0740. The number of phenolic OH excluding ortho intramolecular Hbond substituents is 1. The van der Waals surface area contributed by atoms with Gasteiger partial charge in [0, 0.05) is 0 Å². The second kappa shape index (κ2) is 5.31. The Kier molecular flexibility index (Phi) is 3.49. The van der Waals surface area contributed by atoms with Crippen molar-refractivity contribution in [2.45, 2.75) is 25.3 Å². The van der Waals surface area contributed by atoms with E-state index in [4.69, 9.17) is 0 Å². The molecule has 0 heterocycles. The predicted octanol–water partition coefficient (Wildman–Crippen LogP) is 4.30. The van der Waals surface area contributed by atoms with Crippen LogP contribution in [0.15, 0.2) is 30.3 Å². The molecule has 0 spiro atoms. The summed E-state index contributed by atoms with van der Waals surface area (Å²) in [6.07, 6.45) is 2.52. The Hall–Kier alpha value is -2.17. The summed E-state index contributed by atoms with van der Waals surface area (Å²) < 4.78 is 40.0. The van der Waals surface area contributed by atoms with Crippen LogP contribution in [-0.4, -0.2) is 5.11 Å². The average molecular weight is 293 g/mol. The Bertz CT molecular complexity index is 687. The van der Waals surface area contributed by atoms with Crippen molar-refractivity contribution < 1.29 is 18.3 Å². The zero-order valence-electron chi connectivity index (χ0n) is 11.2. The van der Waals surface area contributed by atoms with Crippen molar-refractivity contribution in [2.24, 2.45) is 0 Å². The highest BCUT2D eigenvalue weighted by Gasteiger charge is 2.23. The quantitative estimate of drug-likeness (QED) is 0.809. The fraction of sp³-hybridized carbons (Fsp3) is 0.250. The van der Waals surface area contributed by atoms with Crippen molar-refractivity contribution in [3.63, 3.8) is 0 Å². The fourth-order valence-corrected chi connectivity index (χ4v) is 2.76. The molecule has 2 N–H and O–H groups in total. The molecule has 2 aromatic carbocycles. The lowest BCUT2D eigenvalue weighted by molar-refractivity contribution is 0.447. The van der Waals surface area contributed by atoms with Gasteiger partial charge in [0.15, 0.2) is 17.5 Å². The molecular formula is C16H14F3NO. The third kappa shape index (κ3) is 2.55. The number of benzene rings is 2. The molecule has 110 valence electrons. The van der Waals surface area contributed by atoms with Crippen LogP contribution in [0.4, 0.5) is 18.9 Å². The summed E-state index contributed by atoms with van der Waals surface area (Å²) in [5, 5.41) is 12.5.